The number of carbonyl (C=O) groups excluding carboxylic acids is 1. The van der Waals surface area contributed by atoms with E-state index in [0.29, 0.717) is 23.1 Å². The highest BCUT2D eigenvalue weighted by Gasteiger charge is 2.12. The van der Waals surface area contributed by atoms with Crippen LogP contribution in [0.5, 0.6) is 0 Å². The molecule has 0 aliphatic carbocycles. The lowest BCUT2D eigenvalue weighted by atomic mass is 10.3. The third kappa shape index (κ3) is 3.46. The predicted molar refractivity (Wildman–Crippen MR) is 82.4 cm³/mol. The van der Waals surface area contributed by atoms with Gasteiger partial charge in [0.2, 0.25) is 0 Å². The number of pyridine rings is 1. The van der Waals surface area contributed by atoms with Crippen LogP contribution in [0.3, 0.4) is 0 Å². The van der Waals surface area contributed by atoms with Gasteiger partial charge in [0, 0.05) is 17.6 Å². The van der Waals surface area contributed by atoms with Crippen molar-refractivity contribution >= 4 is 35.0 Å². The van der Waals surface area contributed by atoms with Crippen molar-refractivity contribution in [1.29, 1.82) is 0 Å². The summed E-state index contributed by atoms with van der Waals surface area (Å²) < 4.78 is 6.92. The summed E-state index contributed by atoms with van der Waals surface area (Å²) in [7, 11) is 0. The van der Waals surface area contributed by atoms with E-state index in [0.717, 1.165) is 23.5 Å². The summed E-state index contributed by atoms with van der Waals surface area (Å²) in [6.45, 7) is 4.32. The third-order valence-electron chi connectivity index (χ3n) is 2.86. The zero-order valence-electron chi connectivity index (χ0n) is 11.6. The van der Waals surface area contributed by atoms with Gasteiger partial charge in [0.05, 0.1) is 23.1 Å². The highest BCUT2D eigenvalue weighted by molar-refractivity contribution is 7.99. The highest BCUT2D eigenvalue weighted by atomic mass is 35.5. The maximum Gasteiger partial charge on any atom is 0.315 e. The lowest BCUT2D eigenvalue weighted by molar-refractivity contribution is -0.139. The fourth-order valence-corrected chi connectivity index (χ4v) is 2.98. The number of fused-ring (bicyclic) bond motifs is 1. The SMILES string of the molecule is CCOC(=O)CSCc1nc2ccc(Cl)cn2c1CC. The average molecular weight is 313 g/mol. The number of ether oxygens (including phenoxy) is 1. The summed E-state index contributed by atoms with van der Waals surface area (Å²) in [4.78, 5) is 15.9. The van der Waals surface area contributed by atoms with Crippen LogP contribution in [0.4, 0.5) is 0 Å². The Kier molecular flexibility index (Phi) is 5.31. The van der Waals surface area contributed by atoms with Crippen LogP contribution in [-0.4, -0.2) is 27.7 Å². The first-order valence-corrected chi connectivity index (χ1v) is 8.07. The number of carbonyl (C=O) groups is 1. The molecule has 0 aliphatic rings. The Morgan fingerprint density at radius 1 is 1.45 bits per heavy atom. The number of aromatic nitrogens is 2. The van der Waals surface area contributed by atoms with Crippen molar-refractivity contribution in [2.45, 2.75) is 26.0 Å². The Morgan fingerprint density at radius 2 is 2.25 bits per heavy atom. The number of rotatable bonds is 6. The fourth-order valence-electron chi connectivity index (χ4n) is 2.04. The molecule has 0 aromatic carbocycles. The zero-order valence-corrected chi connectivity index (χ0v) is 13.1. The quantitative estimate of drug-likeness (QED) is 0.767. The van der Waals surface area contributed by atoms with E-state index in [2.05, 4.69) is 11.9 Å². The van der Waals surface area contributed by atoms with Crippen LogP contribution in [0.15, 0.2) is 18.3 Å². The Morgan fingerprint density at radius 3 is 2.95 bits per heavy atom. The number of nitrogens with zero attached hydrogens (tertiary/aromatic N) is 2. The van der Waals surface area contributed by atoms with Gasteiger partial charge in [-0.2, -0.15) is 0 Å². The summed E-state index contributed by atoms with van der Waals surface area (Å²) in [6, 6.07) is 3.74. The molecule has 0 N–H and O–H groups in total. The topological polar surface area (TPSA) is 43.6 Å². The predicted octanol–water partition coefficient (Wildman–Crippen LogP) is 3.35. The minimum Gasteiger partial charge on any atom is -0.465 e. The summed E-state index contributed by atoms with van der Waals surface area (Å²) in [5, 5.41) is 0.690. The molecule has 0 saturated heterocycles. The molecule has 6 heteroatoms. The molecule has 0 amide bonds. The molecule has 2 rings (SSSR count). The maximum atomic E-state index is 11.3. The molecule has 0 saturated carbocycles. The van der Waals surface area contributed by atoms with E-state index in [9.17, 15) is 4.79 Å². The highest BCUT2D eigenvalue weighted by Crippen LogP contribution is 2.21. The first-order valence-electron chi connectivity index (χ1n) is 6.54. The van der Waals surface area contributed by atoms with E-state index in [1.807, 2.05) is 29.7 Å². The van der Waals surface area contributed by atoms with Crippen molar-refractivity contribution in [2.75, 3.05) is 12.4 Å². The normalized spacial score (nSPS) is 10.9. The number of imidazole rings is 1. The van der Waals surface area contributed by atoms with Crippen molar-refractivity contribution in [2.24, 2.45) is 0 Å². The van der Waals surface area contributed by atoms with E-state index in [1.165, 1.54) is 11.8 Å². The lowest BCUT2D eigenvalue weighted by Crippen LogP contribution is -2.07. The lowest BCUT2D eigenvalue weighted by Gasteiger charge is -2.03. The van der Waals surface area contributed by atoms with Crippen LogP contribution < -0.4 is 0 Å². The standard InChI is InChI=1S/C14H17ClN2O2S/c1-3-12-11(8-20-9-14(18)19-4-2)16-13-6-5-10(15)7-17(12)13/h5-7H,3-4,8-9H2,1-2H3. The van der Waals surface area contributed by atoms with Crippen LogP contribution in [0.2, 0.25) is 5.02 Å². The second-order valence-electron chi connectivity index (χ2n) is 4.23. The molecular weight excluding hydrogens is 296 g/mol. The molecule has 0 radical (unpaired) electrons. The molecule has 0 fully saturated rings. The number of aryl methyl sites for hydroxylation is 1. The van der Waals surface area contributed by atoms with Gasteiger partial charge in [-0.15, -0.1) is 11.8 Å². The van der Waals surface area contributed by atoms with Crippen molar-refractivity contribution in [3.63, 3.8) is 0 Å². The largest absolute Gasteiger partial charge is 0.465 e. The van der Waals surface area contributed by atoms with Crippen LogP contribution in [-0.2, 0) is 21.7 Å². The Balaban J connectivity index is 2.11. The Hall–Kier alpha value is -1.20. The molecule has 0 atom stereocenters. The molecule has 0 spiro atoms. The van der Waals surface area contributed by atoms with E-state index < -0.39 is 0 Å². The van der Waals surface area contributed by atoms with Crippen molar-refractivity contribution in [3.8, 4) is 0 Å². The Labute approximate surface area is 127 Å². The van der Waals surface area contributed by atoms with E-state index in [1.54, 1.807) is 0 Å². The van der Waals surface area contributed by atoms with Gasteiger partial charge in [0.15, 0.2) is 0 Å². The minimum atomic E-state index is -0.178. The van der Waals surface area contributed by atoms with Crippen LogP contribution in [0.1, 0.15) is 25.2 Å². The van der Waals surface area contributed by atoms with Crippen molar-refractivity contribution in [3.05, 3.63) is 34.7 Å². The summed E-state index contributed by atoms with van der Waals surface area (Å²) in [6.07, 6.45) is 2.75. The van der Waals surface area contributed by atoms with Gasteiger partial charge in [-0.25, -0.2) is 4.98 Å². The van der Waals surface area contributed by atoms with Crippen LogP contribution in [0.25, 0.3) is 5.65 Å². The molecule has 2 heterocycles. The monoisotopic (exact) mass is 312 g/mol. The first-order chi connectivity index (χ1) is 9.65. The van der Waals surface area contributed by atoms with Gasteiger partial charge < -0.3 is 9.14 Å². The summed E-state index contributed by atoms with van der Waals surface area (Å²) >= 11 is 7.54. The van der Waals surface area contributed by atoms with Gasteiger partial charge in [-0.3, -0.25) is 4.79 Å². The Bertz CT molecular complexity index is 612. The van der Waals surface area contributed by atoms with Gasteiger partial charge in [0.1, 0.15) is 5.65 Å². The van der Waals surface area contributed by atoms with Crippen molar-refractivity contribution in [1.82, 2.24) is 9.38 Å². The van der Waals surface area contributed by atoms with E-state index in [4.69, 9.17) is 16.3 Å². The van der Waals surface area contributed by atoms with Gasteiger partial charge in [-0.1, -0.05) is 18.5 Å². The van der Waals surface area contributed by atoms with Crippen molar-refractivity contribution < 1.29 is 9.53 Å². The van der Waals surface area contributed by atoms with Gasteiger partial charge in [0.25, 0.3) is 0 Å². The number of thioether (sulfide) groups is 1. The maximum absolute atomic E-state index is 11.3. The molecule has 2 aromatic heterocycles. The summed E-state index contributed by atoms with van der Waals surface area (Å²) in [5.74, 6) is 0.870. The number of esters is 1. The van der Waals surface area contributed by atoms with Crippen LogP contribution >= 0.6 is 23.4 Å². The first kappa shape index (κ1) is 15.2. The molecular formula is C14H17ClN2O2S. The molecule has 0 bridgehead atoms. The van der Waals surface area contributed by atoms with Gasteiger partial charge >= 0.3 is 5.97 Å². The second-order valence-corrected chi connectivity index (χ2v) is 5.65. The molecule has 0 aliphatic heterocycles. The fraction of sp³-hybridized carbons (Fsp3) is 0.429. The van der Waals surface area contributed by atoms with Crippen LogP contribution in [0, 0.1) is 0 Å². The smallest absolute Gasteiger partial charge is 0.315 e. The number of hydrogen-bond acceptors (Lipinski definition) is 4. The van der Waals surface area contributed by atoms with E-state index in [-0.39, 0.29) is 5.97 Å². The third-order valence-corrected chi connectivity index (χ3v) is 4.00. The molecule has 2 aromatic rings. The van der Waals surface area contributed by atoms with Gasteiger partial charge in [-0.05, 0) is 25.5 Å². The minimum absolute atomic E-state index is 0.178. The number of halogens is 1. The number of hydrogen-bond donors (Lipinski definition) is 0. The zero-order chi connectivity index (χ0) is 14.5. The molecule has 0 unspecified atom stereocenters. The van der Waals surface area contributed by atoms with E-state index >= 15 is 0 Å². The second kappa shape index (κ2) is 6.99. The average Bonchev–Trinajstić information content (AvgIpc) is 2.75. The molecule has 20 heavy (non-hydrogen) atoms. The summed E-state index contributed by atoms with van der Waals surface area (Å²) in [5.41, 5.74) is 3.03. The molecule has 4 nitrogen and oxygen atoms in total. The molecule has 108 valence electrons.